The van der Waals surface area contributed by atoms with Gasteiger partial charge in [-0.2, -0.15) is 0 Å². The third-order valence-corrected chi connectivity index (χ3v) is 5.74. The number of carbonyl (C=O) groups excluding carboxylic acids is 1. The first-order valence-electron chi connectivity index (χ1n) is 9.41. The maximum Gasteiger partial charge on any atom is 0.339 e. The minimum absolute atomic E-state index is 0.109. The van der Waals surface area contributed by atoms with Crippen LogP contribution in [-0.2, 0) is 0 Å². The molecule has 0 atom stereocenters. The van der Waals surface area contributed by atoms with E-state index in [9.17, 15) is 14.7 Å². The molecule has 0 aliphatic carbocycles. The van der Waals surface area contributed by atoms with E-state index in [1.54, 1.807) is 17.5 Å². The van der Waals surface area contributed by atoms with Crippen molar-refractivity contribution in [3.8, 4) is 22.3 Å². The number of amides is 1. The van der Waals surface area contributed by atoms with Crippen LogP contribution in [0.3, 0.4) is 0 Å². The van der Waals surface area contributed by atoms with E-state index in [0.717, 1.165) is 22.3 Å². The molecule has 0 spiro atoms. The van der Waals surface area contributed by atoms with Gasteiger partial charge in [-0.15, -0.1) is 11.3 Å². The first-order chi connectivity index (χ1) is 14.5. The molecule has 0 aliphatic heterocycles. The number of hydrogen-bond acceptors (Lipinski definition) is 3. The number of carbonyl (C=O) groups is 2. The van der Waals surface area contributed by atoms with Crippen LogP contribution in [0.5, 0.6) is 0 Å². The Kier molecular flexibility index (Phi) is 5.46. The molecule has 3 aromatic carbocycles. The zero-order valence-electron chi connectivity index (χ0n) is 16.3. The molecule has 4 nitrogen and oxygen atoms in total. The van der Waals surface area contributed by atoms with Crippen LogP contribution in [0.4, 0.5) is 5.00 Å². The predicted octanol–water partition coefficient (Wildman–Crippen LogP) is 6.34. The minimum Gasteiger partial charge on any atom is -0.478 e. The van der Waals surface area contributed by atoms with E-state index in [-0.39, 0.29) is 11.5 Å². The highest BCUT2D eigenvalue weighted by Crippen LogP contribution is 2.36. The van der Waals surface area contributed by atoms with E-state index in [2.05, 4.69) is 5.32 Å². The summed E-state index contributed by atoms with van der Waals surface area (Å²) in [6.45, 7) is 1.98. The summed E-state index contributed by atoms with van der Waals surface area (Å²) in [4.78, 5) is 24.6. The van der Waals surface area contributed by atoms with Crippen LogP contribution >= 0.6 is 11.3 Å². The number of benzene rings is 3. The number of rotatable bonds is 5. The molecule has 4 rings (SSSR count). The largest absolute Gasteiger partial charge is 0.478 e. The normalized spacial score (nSPS) is 10.6. The van der Waals surface area contributed by atoms with E-state index in [1.807, 2.05) is 73.7 Å². The topological polar surface area (TPSA) is 66.4 Å². The van der Waals surface area contributed by atoms with Gasteiger partial charge in [0.15, 0.2) is 0 Å². The van der Waals surface area contributed by atoms with Crippen molar-refractivity contribution >= 4 is 28.2 Å². The van der Waals surface area contributed by atoms with Gasteiger partial charge in [-0.3, -0.25) is 4.79 Å². The maximum absolute atomic E-state index is 12.7. The summed E-state index contributed by atoms with van der Waals surface area (Å²) in [5, 5.41) is 14.6. The van der Waals surface area contributed by atoms with E-state index in [1.165, 1.54) is 11.3 Å². The Morgan fingerprint density at radius 2 is 1.40 bits per heavy atom. The molecule has 0 radical (unpaired) electrons. The van der Waals surface area contributed by atoms with E-state index < -0.39 is 5.97 Å². The molecule has 1 amide bonds. The lowest BCUT2D eigenvalue weighted by molar-refractivity contribution is 0.0699. The van der Waals surface area contributed by atoms with Crippen LogP contribution in [0.2, 0.25) is 0 Å². The Morgan fingerprint density at radius 3 is 2.03 bits per heavy atom. The van der Waals surface area contributed by atoms with Crippen molar-refractivity contribution < 1.29 is 14.7 Å². The Hall–Kier alpha value is -3.70. The number of carboxylic acids is 1. The van der Waals surface area contributed by atoms with E-state index in [4.69, 9.17) is 0 Å². The van der Waals surface area contributed by atoms with Crippen molar-refractivity contribution in [2.45, 2.75) is 6.92 Å². The summed E-state index contributed by atoms with van der Waals surface area (Å²) >= 11 is 1.21. The first-order valence-corrected chi connectivity index (χ1v) is 10.3. The number of thiophene rings is 1. The molecule has 0 saturated carbocycles. The number of carboxylic acid groups (broad SMARTS) is 1. The molecular formula is C25H19NO3S. The number of hydrogen-bond donors (Lipinski definition) is 2. The first kappa shape index (κ1) is 19.6. The van der Waals surface area contributed by atoms with E-state index >= 15 is 0 Å². The zero-order valence-corrected chi connectivity index (χ0v) is 17.1. The summed E-state index contributed by atoms with van der Waals surface area (Å²) in [7, 11) is 0. The van der Waals surface area contributed by atoms with Crippen molar-refractivity contribution in [1.82, 2.24) is 0 Å². The molecular weight excluding hydrogens is 394 g/mol. The average Bonchev–Trinajstić information content (AvgIpc) is 3.19. The Bertz CT molecular complexity index is 1190. The molecule has 2 N–H and O–H groups in total. The molecule has 148 valence electrons. The smallest absolute Gasteiger partial charge is 0.339 e. The molecule has 0 aliphatic rings. The van der Waals surface area contributed by atoms with Crippen LogP contribution in [0.25, 0.3) is 22.3 Å². The fraction of sp³-hybridized carbons (Fsp3) is 0.0400. The number of aromatic carboxylic acids is 1. The van der Waals surface area contributed by atoms with Crippen molar-refractivity contribution in [2.24, 2.45) is 0 Å². The summed E-state index contributed by atoms with van der Waals surface area (Å²) in [6, 6.07) is 24.8. The van der Waals surface area contributed by atoms with Crippen LogP contribution in [0.1, 0.15) is 26.3 Å². The van der Waals surface area contributed by atoms with Crippen molar-refractivity contribution in [3.05, 3.63) is 101 Å². The molecule has 0 fully saturated rings. The number of nitrogens with one attached hydrogen (secondary N) is 1. The van der Waals surface area contributed by atoms with Gasteiger partial charge in [0.1, 0.15) is 10.6 Å². The Balaban J connectivity index is 1.59. The molecule has 0 bridgehead atoms. The highest BCUT2D eigenvalue weighted by Gasteiger charge is 2.21. The predicted molar refractivity (Wildman–Crippen MR) is 121 cm³/mol. The van der Waals surface area contributed by atoms with Crippen LogP contribution in [0, 0.1) is 6.92 Å². The second-order valence-electron chi connectivity index (χ2n) is 6.92. The summed E-state index contributed by atoms with van der Waals surface area (Å²) in [5.74, 6) is -1.41. The second kappa shape index (κ2) is 8.35. The van der Waals surface area contributed by atoms with Gasteiger partial charge >= 0.3 is 5.97 Å². The third kappa shape index (κ3) is 4.02. The standard InChI is InChI=1S/C25H19NO3S/c1-16-7-9-19(10-8-16)21-15-30-24(22(21)25(28)29)26-23(27)20-13-11-18(12-14-20)17-5-3-2-4-6-17/h2-15H,1H3,(H,26,27)(H,28,29). The lowest BCUT2D eigenvalue weighted by Crippen LogP contribution is -2.13. The molecule has 5 heteroatoms. The fourth-order valence-corrected chi connectivity index (χ4v) is 4.18. The lowest BCUT2D eigenvalue weighted by atomic mass is 10.0. The van der Waals surface area contributed by atoms with Crippen molar-refractivity contribution in [3.63, 3.8) is 0 Å². The monoisotopic (exact) mass is 413 g/mol. The minimum atomic E-state index is -1.07. The van der Waals surface area contributed by atoms with Crippen molar-refractivity contribution in [1.29, 1.82) is 0 Å². The summed E-state index contributed by atoms with van der Waals surface area (Å²) in [5.41, 5.74) is 5.16. The van der Waals surface area contributed by atoms with Crippen molar-refractivity contribution in [2.75, 3.05) is 5.32 Å². The zero-order chi connectivity index (χ0) is 21.1. The van der Waals surface area contributed by atoms with Gasteiger partial charge in [0.2, 0.25) is 0 Å². The van der Waals surface area contributed by atoms with Crippen LogP contribution in [-0.4, -0.2) is 17.0 Å². The number of aryl methyl sites for hydroxylation is 1. The lowest BCUT2D eigenvalue weighted by Gasteiger charge is -2.07. The summed E-state index contributed by atoms with van der Waals surface area (Å²) in [6.07, 6.45) is 0. The van der Waals surface area contributed by atoms with Gasteiger partial charge < -0.3 is 10.4 Å². The molecule has 1 aromatic heterocycles. The highest BCUT2D eigenvalue weighted by atomic mass is 32.1. The molecule has 30 heavy (non-hydrogen) atoms. The highest BCUT2D eigenvalue weighted by molar-refractivity contribution is 7.15. The molecule has 1 heterocycles. The molecule has 0 saturated heterocycles. The van der Waals surface area contributed by atoms with Gasteiger partial charge in [-0.1, -0.05) is 72.3 Å². The Labute approximate surface area is 178 Å². The van der Waals surface area contributed by atoms with Crippen LogP contribution in [0.15, 0.2) is 84.2 Å². The Morgan fingerprint density at radius 1 is 0.800 bits per heavy atom. The van der Waals surface area contributed by atoms with Gasteiger partial charge in [0.05, 0.1) is 0 Å². The quantitative estimate of drug-likeness (QED) is 0.401. The van der Waals surface area contributed by atoms with Gasteiger partial charge in [0, 0.05) is 16.5 Å². The van der Waals surface area contributed by atoms with Gasteiger partial charge in [-0.05, 0) is 35.7 Å². The molecule has 0 unspecified atom stereocenters. The fourth-order valence-electron chi connectivity index (χ4n) is 3.23. The van der Waals surface area contributed by atoms with Crippen LogP contribution < -0.4 is 5.32 Å². The van der Waals surface area contributed by atoms with E-state index in [0.29, 0.717) is 16.1 Å². The number of anilines is 1. The SMILES string of the molecule is Cc1ccc(-c2csc(NC(=O)c3ccc(-c4ccccc4)cc3)c2C(=O)O)cc1. The second-order valence-corrected chi connectivity index (χ2v) is 7.80. The maximum atomic E-state index is 12.7. The van der Waals surface area contributed by atoms with Gasteiger partial charge in [-0.25, -0.2) is 4.79 Å². The van der Waals surface area contributed by atoms with Gasteiger partial charge in [0.25, 0.3) is 5.91 Å². The summed E-state index contributed by atoms with van der Waals surface area (Å²) < 4.78 is 0. The third-order valence-electron chi connectivity index (χ3n) is 4.85. The average molecular weight is 413 g/mol. The molecule has 4 aromatic rings.